The maximum Gasteiger partial charge on any atom is 0.269 e. The number of hydrogen-bond donors (Lipinski definition) is 2. The van der Waals surface area contributed by atoms with Gasteiger partial charge in [0.15, 0.2) is 0 Å². The Bertz CT molecular complexity index is 846. The van der Waals surface area contributed by atoms with Gasteiger partial charge >= 0.3 is 0 Å². The second-order valence-electron chi connectivity index (χ2n) is 5.49. The third kappa shape index (κ3) is 4.96. The Morgan fingerprint density at radius 3 is 2.28 bits per heavy atom. The first-order valence-electron chi connectivity index (χ1n) is 7.53. The Balaban J connectivity index is 2.14. The number of non-ortho nitro benzene ring substituents is 1. The number of benzene rings is 2. The van der Waals surface area contributed by atoms with Crippen molar-refractivity contribution in [3.05, 3.63) is 82.4 Å². The van der Waals surface area contributed by atoms with Gasteiger partial charge in [-0.3, -0.25) is 10.1 Å². The summed E-state index contributed by atoms with van der Waals surface area (Å²) in [7, 11) is -3.72. The number of aryl methyl sites for hydroxylation is 1. The first kappa shape index (κ1) is 18.8. The van der Waals surface area contributed by atoms with Gasteiger partial charge in [0.05, 0.1) is 15.9 Å². The normalized spacial score (nSPS) is 12.5. The van der Waals surface area contributed by atoms with Gasteiger partial charge in [-0.05, 0) is 31.0 Å². The quantitative estimate of drug-likeness (QED) is 0.427. The molecular formula is C17H19N3O4S. The molecule has 2 aromatic carbocycles. The molecule has 0 aliphatic heterocycles. The molecule has 132 valence electrons. The highest BCUT2D eigenvalue weighted by molar-refractivity contribution is 7.89. The lowest BCUT2D eigenvalue weighted by atomic mass is 10.0. The van der Waals surface area contributed by atoms with Crippen LogP contribution in [-0.4, -0.2) is 13.3 Å². The average Bonchev–Trinajstić information content (AvgIpc) is 2.59. The van der Waals surface area contributed by atoms with Crippen molar-refractivity contribution in [2.75, 3.05) is 0 Å². The number of nitrogens with zero attached hydrogens (tertiary/aromatic N) is 1. The molecule has 0 saturated heterocycles. The molecule has 0 fully saturated rings. The minimum Gasteiger partial charge on any atom is -0.258 e. The van der Waals surface area contributed by atoms with Crippen molar-refractivity contribution in [1.82, 2.24) is 10.3 Å². The van der Waals surface area contributed by atoms with Crippen LogP contribution in [0, 0.1) is 17.0 Å². The SMILES string of the molecule is C=CC[C@H](NNS(=O)(=O)c1ccc(C)cc1)c1ccc([N+](=O)[O-])cc1. The summed E-state index contributed by atoms with van der Waals surface area (Å²) in [5, 5.41) is 10.7. The van der Waals surface area contributed by atoms with Gasteiger partial charge in [-0.25, -0.2) is 13.8 Å². The number of sulfonamides is 1. The van der Waals surface area contributed by atoms with Crippen LogP contribution in [0.15, 0.2) is 66.1 Å². The van der Waals surface area contributed by atoms with Crippen LogP contribution in [-0.2, 0) is 10.0 Å². The van der Waals surface area contributed by atoms with Gasteiger partial charge in [0.25, 0.3) is 15.7 Å². The summed E-state index contributed by atoms with van der Waals surface area (Å²) in [5.74, 6) is 0. The van der Waals surface area contributed by atoms with Gasteiger partial charge in [0.2, 0.25) is 0 Å². The molecule has 0 aromatic heterocycles. The molecule has 8 heteroatoms. The molecule has 0 saturated carbocycles. The van der Waals surface area contributed by atoms with Crippen LogP contribution < -0.4 is 10.3 Å². The summed E-state index contributed by atoms with van der Waals surface area (Å²) in [6, 6.07) is 12.0. The van der Waals surface area contributed by atoms with Gasteiger partial charge in [-0.2, -0.15) is 0 Å². The molecule has 2 N–H and O–H groups in total. The fourth-order valence-corrected chi connectivity index (χ4v) is 3.11. The van der Waals surface area contributed by atoms with E-state index in [4.69, 9.17) is 0 Å². The van der Waals surface area contributed by atoms with Gasteiger partial charge in [-0.15, -0.1) is 11.4 Å². The van der Waals surface area contributed by atoms with Crippen LogP contribution in [0.4, 0.5) is 5.69 Å². The minimum atomic E-state index is -3.72. The second-order valence-corrected chi connectivity index (χ2v) is 7.17. The lowest BCUT2D eigenvalue weighted by Gasteiger charge is -2.18. The minimum absolute atomic E-state index is 0.0265. The second kappa shape index (κ2) is 8.02. The molecule has 7 nitrogen and oxygen atoms in total. The lowest BCUT2D eigenvalue weighted by molar-refractivity contribution is -0.384. The molecule has 0 heterocycles. The monoisotopic (exact) mass is 361 g/mol. The number of nitrogens with one attached hydrogen (secondary N) is 2. The zero-order valence-corrected chi connectivity index (χ0v) is 14.5. The van der Waals surface area contributed by atoms with Crippen LogP contribution in [0.3, 0.4) is 0 Å². The Morgan fingerprint density at radius 2 is 1.76 bits per heavy atom. The Labute approximate surface area is 146 Å². The summed E-state index contributed by atoms with van der Waals surface area (Å²) in [6.07, 6.45) is 2.08. The van der Waals surface area contributed by atoms with E-state index in [2.05, 4.69) is 16.8 Å². The molecule has 2 aromatic rings. The molecule has 0 spiro atoms. The van der Waals surface area contributed by atoms with Gasteiger partial charge < -0.3 is 0 Å². The molecule has 0 bridgehead atoms. The van der Waals surface area contributed by atoms with Crippen LogP contribution in [0.1, 0.15) is 23.6 Å². The highest BCUT2D eigenvalue weighted by atomic mass is 32.2. The van der Waals surface area contributed by atoms with E-state index in [0.29, 0.717) is 12.0 Å². The smallest absolute Gasteiger partial charge is 0.258 e. The Hall–Kier alpha value is -2.55. The van der Waals surface area contributed by atoms with E-state index in [0.717, 1.165) is 5.56 Å². The molecule has 0 amide bonds. The van der Waals surface area contributed by atoms with Gasteiger partial charge in [-0.1, -0.05) is 35.9 Å². The predicted molar refractivity (Wildman–Crippen MR) is 95.3 cm³/mol. The van der Waals surface area contributed by atoms with E-state index in [9.17, 15) is 18.5 Å². The molecule has 0 unspecified atom stereocenters. The number of rotatable bonds is 8. The van der Waals surface area contributed by atoms with Crippen LogP contribution >= 0.6 is 0 Å². The van der Waals surface area contributed by atoms with Crippen molar-refractivity contribution >= 4 is 15.7 Å². The van der Waals surface area contributed by atoms with Crippen LogP contribution in [0.25, 0.3) is 0 Å². The molecule has 25 heavy (non-hydrogen) atoms. The molecule has 2 rings (SSSR count). The predicted octanol–water partition coefficient (Wildman–Crippen LogP) is 3.00. The summed E-state index contributed by atoms with van der Waals surface area (Å²) in [5.41, 5.74) is 4.40. The lowest BCUT2D eigenvalue weighted by Crippen LogP contribution is -2.39. The number of hydrogen-bond acceptors (Lipinski definition) is 5. The van der Waals surface area contributed by atoms with E-state index < -0.39 is 21.0 Å². The van der Waals surface area contributed by atoms with E-state index in [1.165, 1.54) is 24.3 Å². The number of hydrazine groups is 1. The van der Waals surface area contributed by atoms with Gasteiger partial charge in [0, 0.05) is 12.1 Å². The Morgan fingerprint density at radius 1 is 1.16 bits per heavy atom. The topological polar surface area (TPSA) is 101 Å². The average molecular weight is 361 g/mol. The third-order valence-corrected chi connectivity index (χ3v) is 4.89. The summed E-state index contributed by atoms with van der Waals surface area (Å²) in [6.45, 7) is 5.53. The van der Waals surface area contributed by atoms with E-state index in [1.807, 2.05) is 6.92 Å². The number of nitro benzene ring substituents is 1. The largest absolute Gasteiger partial charge is 0.269 e. The fourth-order valence-electron chi connectivity index (χ4n) is 2.20. The summed E-state index contributed by atoms with van der Waals surface area (Å²) in [4.78, 5) is 12.7. The van der Waals surface area contributed by atoms with Crippen molar-refractivity contribution in [2.45, 2.75) is 24.3 Å². The van der Waals surface area contributed by atoms with Crippen molar-refractivity contribution in [2.24, 2.45) is 0 Å². The summed E-state index contributed by atoms with van der Waals surface area (Å²) < 4.78 is 24.7. The molecule has 0 aliphatic rings. The Kier molecular flexibility index (Phi) is 6.02. The molecule has 1 atom stereocenters. The standard InChI is InChI=1S/C17H19N3O4S/c1-3-4-17(14-7-9-15(10-8-14)20(21)22)18-19-25(23,24)16-11-5-13(2)6-12-16/h3,5-12,17-19H,1,4H2,2H3/t17-/m0/s1. The van der Waals surface area contributed by atoms with Crippen molar-refractivity contribution in [3.63, 3.8) is 0 Å². The maximum absolute atomic E-state index is 12.3. The highest BCUT2D eigenvalue weighted by Gasteiger charge is 2.17. The zero-order valence-electron chi connectivity index (χ0n) is 13.7. The highest BCUT2D eigenvalue weighted by Crippen LogP contribution is 2.20. The van der Waals surface area contributed by atoms with Crippen LogP contribution in [0.2, 0.25) is 0 Å². The molecule has 0 radical (unpaired) electrons. The van der Waals surface area contributed by atoms with Crippen molar-refractivity contribution in [1.29, 1.82) is 0 Å². The molecular weight excluding hydrogens is 342 g/mol. The fraction of sp³-hybridized carbons (Fsp3) is 0.176. The van der Waals surface area contributed by atoms with Crippen molar-refractivity contribution in [3.8, 4) is 0 Å². The zero-order chi connectivity index (χ0) is 18.4. The number of nitro groups is 1. The first-order chi connectivity index (χ1) is 11.8. The maximum atomic E-state index is 12.3. The third-order valence-electron chi connectivity index (χ3n) is 3.61. The van der Waals surface area contributed by atoms with E-state index in [-0.39, 0.29) is 10.6 Å². The first-order valence-corrected chi connectivity index (χ1v) is 9.01. The van der Waals surface area contributed by atoms with Crippen molar-refractivity contribution < 1.29 is 13.3 Å². The van der Waals surface area contributed by atoms with E-state index >= 15 is 0 Å². The molecule has 0 aliphatic carbocycles. The summed E-state index contributed by atoms with van der Waals surface area (Å²) >= 11 is 0. The van der Waals surface area contributed by atoms with Gasteiger partial charge in [0.1, 0.15) is 0 Å². The van der Waals surface area contributed by atoms with Crippen LogP contribution in [0.5, 0.6) is 0 Å². The van der Waals surface area contributed by atoms with E-state index in [1.54, 1.807) is 30.3 Å².